The number of aromatic nitrogens is 4. The Hall–Kier alpha value is -2.19. The number of hydrogen-bond donors (Lipinski definition) is 0. The van der Waals surface area contributed by atoms with Crippen LogP contribution in [0.1, 0.15) is 11.3 Å². The SMILES string of the molecule is COc1ccc(Cc2nnc3sc(Cl)nn3c2=O)cc1OC. The fraction of sp³-hybridized carbons (Fsp3) is 0.231. The molecule has 2 aromatic heterocycles. The maximum Gasteiger partial charge on any atom is 0.297 e. The average Bonchev–Trinajstić information content (AvgIpc) is 2.91. The molecule has 0 bridgehead atoms. The van der Waals surface area contributed by atoms with Gasteiger partial charge in [0.1, 0.15) is 5.69 Å². The van der Waals surface area contributed by atoms with E-state index in [2.05, 4.69) is 15.3 Å². The molecule has 0 saturated heterocycles. The van der Waals surface area contributed by atoms with Crippen molar-refractivity contribution in [3.63, 3.8) is 0 Å². The zero-order valence-electron chi connectivity index (χ0n) is 11.7. The third-order valence-corrected chi connectivity index (χ3v) is 4.04. The van der Waals surface area contributed by atoms with Gasteiger partial charge in [-0.25, -0.2) is 0 Å². The van der Waals surface area contributed by atoms with Gasteiger partial charge in [0.25, 0.3) is 5.56 Å². The highest BCUT2D eigenvalue weighted by Crippen LogP contribution is 2.28. The van der Waals surface area contributed by atoms with E-state index >= 15 is 0 Å². The highest BCUT2D eigenvalue weighted by atomic mass is 35.5. The molecule has 3 rings (SSSR count). The number of nitrogens with zero attached hydrogens (tertiary/aromatic N) is 4. The molecule has 0 atom stereocenters. The second-order valence-corrected chi connectivity index (χ2v) is 5.91. The smallest absolute Gasteiger partial charge is 0.297 e. The number of benzene rings is 1. The zero-order valence-corrected chi connectivity index (χ0v) is 13.3. The fourth-order valence-corrected chi connectivity index (χ4v) is 2.87. The van der Waals surface area contributed by atoms with Crippen LogP contribution in [0.4, 0.5) is 0 Å². The van der Waals surface area contributed by atoms with Gasteiger partial charge < -0.3 is 9.47 Å². The molecule has 0 N–H and O–H groups in total. The monoisotopic (exact) mass is 338 g/mol. The van der Waals surface area contributed by atoms with Crippen molar-refractivity contribution in [1.29, 1.82) is 0 Å². The topological polar surface area (TPSA) is 78.6 Å². The van der Waals surface area contributed by atoms with E-state index in [0.717, 1.165) is 21.4 Å². The molecule has 114 valence electrons. The van der Waals surface area contributed by atoms with Crippen LogP contribution in [0, 0.1) is 0 Å². The molecule has 2 heterocycles. The first-order chi connectivity index (χ1) is 10.6. The summed E-state index contributed by atoms with van der Waals surface area (Å²) in [6.45, 7) is 0. The van der Waals surface area contributed by atoms with Crippen molar-refractivity contribution in [2.45, 2.75) is 6.42 Å². The number of hydrogen-bond acceptors (Lipinski definition) is 7. The molecular formula is C13H11ClN4O3S. The van der Waals surface area contributed by atoms with Crippen LogP contribution in [0.25, 0.3) is 4.96 Å². The Morgan fingerprint density at radius 3 is 2.73 bits per heavy atom. The van der Waals surface area contributed by atoms with Gasteiger partial charge in [0, 0.05) is 6.42 Å². The third kappa shape index (κ3) is 2.62. The standard InChI is InChI=1S/C13H11ClN4O3S/c1-20-9-4-3-7(6-10(9)21-2)5-8-11(19)18-13(16-15-8)22-12(14)17-18/h3-4,6H,5H2,1-2H3. The van der Waals surface area contributed by atoms with Gasteiger partial charge in [0.05, 0.1) is 14.2 Å². The Bertz CT molecular complexity index is 893. The minimum atomic E-state index is -0.331. The van der Waals surface area contributed by atoms with E-state index < -0.39 is 0 Å². The summed E-state index contributed by atoms with van der Waals surface area (Å²) >= 11 is 6.89. The molecule has 1 aromatic carbocycles. The summed E-state index contributed by atoms with van der Waals surface area (Å²) in [4.78, 5) is 12.7. The zero-order chi connectivity index (χ0) is 15.7. The molecule has 0 fully saturated rings. The lowest BCUT2D eigenvalue weighted by atomic mass is 10.1. The Kier molecular flexibility index (Phi) is 3.95. The molecule has 0 unspecified atom stereocenters. The summed E-state index contributed by atoms with van der Waals surface area (Å²) in [6.07, 6.45) is 0.310. The van der Waals surface area contributed by atoms with Gasteiger partial charge in [-0.15, -0.1) is 15.3 Å². The highest BCUT2D eigenvalue weighted by molar-refractivity contribution is 7.20. The molecule has 0 aliphatic heterocycles. The van der Waals surface area contributed by atoms with E-state index in [1.807, 2.05) is 6.07 Å². The number of fused-ring (bicyclic) bond motifs is 1. The lowest BCUT2D eigenvalue weighted by molar-refractivity contribution is 0.354. The number of ether oxygens (including phenoxy) is 2. The Balaban J connectivity index is 1.99. The Morgan fingerprint density at radius 1 is 1.23 bits per heavy atom. The molecule has 0 amide bonds. The second-order valence-electron chi connectivity index (χ2n) is 4.37. The van der Waals surface area contributed by atoms with Crippen LogP contribution in [-0.4, -0.2) is 34.0 Å². The molecule has 0 aliphatic carbocycles. The third-order valence-electron chi connectivity index (χ3n) is 3.05. The van der Waals surface area contributed by atoms with E-state index in [1.54, 1.807) is 26.4 Å². The van der Waals surface area contributed by atoms with Crippen molar-refractivity contribution in [3.8, 4) is 11.5 Å². The average molecular weight is 339 g/mol. The van der Waals surface area contributed by atoms with Crippen LogP contribution < -0.4 is 15.0 Å². The van der Waals surface area contributed by atoms with Crippen LogP contribution >= 0.6 is 22.9 Å². The normalized spacial score (nSPS) is 10.9. The van der Waals surface area contributed by atoms with Gasteiger partial charge >= 0.3 is 0 Å². The quantitative estimate of drug-likeness (QED) is 0.722. The van der Waals surface area contributed by atoms with Crippen molar-refractivity contribution in [1.82, 2.24) is 19.8 Å². The summed E-state index contributed by atoms with van der Waals surface area (Å²) in [5.74, 6) is 1.21. The second kappa shape index (κ2) is 5.90. The molecule has 3 aromatic rings. The van der Waals surface area contributed by atoms with E-state index in [0.29, 0.717) is 22.9 Å². The first-order valence-electron chi connectivity index (χ1n) is 6.24. The Morgan fingerprint density at radius 2 is 2.00 bits per heavy atom. The van der Waals surface area contributed by atoms with Crippen molar-refractivity contribution in [2.75, 3.05) is 14.2 Å². The largest absolute Gasteiger partial charge is 0.493 e. The lowest BCUT2D eigenvalue weighted by Crippen LogP contribution is -2.22. The molecule has 7 nitrogen and oxygen atoms in total. The first-order valence-corrected chi connectivity index (χ1v) is 7.43. The summed E-state index contributed by atoms with van der Waals surface area (Å²) in [6, 6.07) is 5.41. The lowest BCUT2D eigenvalue weighted by Gasteiger charge is -2.09. The fourth-order valence-electron chi connectivity index (χ4n) is 2.02. The van der Waals surface area contributed by atoms with E-state index in [-0.39, 0.29) is 15.7 Å². The number of halogens is 1. The molecular weight excluding hydrogens is 328 g/mol. The molecule has 0 radical (unpaired) electrons. The Labute approximate surface area is 134 Å². The maximum absolute atomic E-state index is 12.3. The van der Waals surface area contributed by atoms with Crippen molar-refractivity contribution >= 4 is 27.9 Å². The molecule has 22 heavy (non-hydrogen) atoms. The minimum absolute atomic E-state index is 0.245. The molecule has 0 spiro atoms. The van der Waals surface area contributed by atoms with E-state index in [9.17, 15) is 4.79 Å². The summed E-state index contributed by atoms with van der Waals surface area (Å²) in [5.41, 5.74) is 0.806. The van der Waals surface area contributed by atoms with E-state index in [4.69, 9.17) is 21.1 Å². The summed E-state index contributed by atoms with van der Waals surface area (Å²) < 4.78 is 11.8. The van der Waals surface area contributed by atoms with Gasteiger partial charge in [-0.3, -0.25) is 4.79 Å². The summed E-state index contributed by atoms with van der Waals surface area (Å²) in [5, 5.41) is 11.9. The van der Waals surface area contributed by atoms with Crippen molar-refractivity contribution < 1.29 is 9.47 Å². The van der Waals surface area contributed by atoms with Crippen molar-refractivity contribution in [3.05, 3.63) is 44.3 Å². The first kappa shape index (κ1) is 14.7. The van der Waals surface area contributed by atoms with Gasteiger partial charge in [0.15, 0.2) is 11.5 Å². The van der Waals surface area contributed by atoms with Crippen LogP contribution in [0.2, 0.25) is 4.47 Å². The van der Waals surface area contributed by atoms with Gasteiger partial charge in [-0.1, -0.05) is 17.4 Å². The number of methoxy groups -OCH3 is 2. The van der Waals surface area contributed by atoms with Gasteiger partial charge in [-0.2, -0.15) is 4.52 Å². The van der Waals surface area contributed by atoms with Crippen LogP contribution in [-0.2, 0) is 6.42 Å². The van der Waals surface area contributed by atoms with Gasteiger partial charge in [0.2, 0.25) is 9.43 Å². The number of rotatable bonds is 4. The van der Waals surface area contributed by atoms with Crippen molar-refractivity contribution in [2.24, 2.45) is 0 Å². The van der Waals surface area contributed by atoms with Crippen LogP contribution in [0.5, 0.6) is 11.5 Å². The van der Waals surface area contributed by atoms with Crippen LogP contribution in [0.15, 0.2) is 23.0 Å². The van der Waals surface area contributed by atoms with Gasteiger partial charge in [-0.05, 0) is 29.3 Å². The van der Waals surface area contributed by atoms with E-state index in [1.165, 1.54) is 0 Å². The minimum Gasteiger partial charge on any atom is -0.493 e. The molecule has 9 heteroatoms. The maximum atomic E-state index is 12.3. The predicted molar refractivity (Wildman–Crippen MR) is 82.3 cm³/mol. The molecule has 0 saturated carbocycles. The summed E-state index contributed by atoms with van der Waals surface area (Å²) in [7, 11) is 3.12. The molecule has 0 aliphatic rings. The van der Waals surface area contributed by atoms with Crippen LogP contribution in [0.3, 0.4) is 0 Å². The predicted octanol–water partition coefficient (Wildman–Crippen LogP) is 1.81. The highest BCUT2D eigenvalue weighted by Gasteiger charge is 2.13.